The van der Waals surface area contributed by atoms with Gasteiger partial charge in [0.15, 0.2) is 0 Å². The Morgan fingerprint density at radius 3 is 2.65 bits per heavy atom. The lowest BCUT2D eigenvalue weighted by atomic mass is 10.1. The summed E-state index contributed by atoms with van der Waals surface area (Å²) < 4.78 is 0. The van der Waals surface area contributed by atoms with Crippen molar-refractivity contribution in [2.45, 2.75) is 13.0 Å². The van der Waals surface area contributed by atoms with Gasteiger partial charge in [-0.1, -0.05) is 30.4 Å². The first kappa shape index (κ1) is 14.1. The highest BCUT2D eigenvalue weighted by Gasteiger charge is 2.12. The number of benzene rings is 1. The zero-order chi connectivity index (χ0) is 14.5. The molecule has 0 saturated carbocycles. The molecule has 1 atom stereocenters. The normalized spacial score (nSPS) is 11.7. The monoisotopic (exact) mass is 285 g/mol. The summed E-state index contributed by atoms with van der Waals surface area (Å²) in [5.74, 6) is -0.179. The molecule has 1 heterocycles. The first-order valence-corrected chi connectivity index (χ1v) is 6.60. The summed E-state index contributed by atoms with van der Waals surface area (Å²) in [7, 11) is 0. The molecule has 102 valence electrons. The van der Waals surface area contributed by atoms with Crippen LogP contribution in [0.1, 0.15) is 34.6 Å². The number of nitrogens with zero attached hydrogens (tertiary/aromatic N) is 1. The molecular weight excluding hydrogens is 270 g/mol. The largest absolute Gasteiger partial charge is 0.389 e. The van der Waals surface area contributed by atoms with Gasteiger partial charge in [-0.15, -0.1) is 0 Å². The molecule has 20 heavy (non-hydrogen) atoms. The summed E-state index contributed by atoms with van der Waals surface area (Å²) in [5.41, 5.74) is 7.58. The van der Waals surface area contributed by atoms with E-state index in [1.807, 2.05) is 25.1 Å². The molecule has 0 aliphatic heterocycles. The second-order valence-corrected chi connectivity index (χ2v) is 4.83. The van der Waals surface area contributed by atoms with E-state index in [4.69, 9.17) is 18.0 Å². The Bertz CT molecular complexity index is 628. The van der Waals surface area contributed by atoms with Crippen LogP contribution in [0.4, 0.5) is 0 Å². The zero-order valence-electron chi connectivity index (χ0n) is 11.0. The maximum absolute atomic E-state index is 12.2. The quantitative estimate of drug-likeness (QED) is 0.845. The zero-order valence-corrected chi connectivity index (χ0v) is 11.9. The van der Waals surface area contributed by atoms with Gasteiger partial charge < -0.3 is 11.1 Å². The predicted octanol–water partition coefficient (Wildman–Crippen LogP) is 2.21. The van der Waals surface area contributed by atoms with Gasteiger partial charge in [0.25, 0.3) is 5.91 Å². The van der Waals surface area contributed by atoms with Crippen molar-refractivity contribution in [1.82, 2.24) is 10.3 Å². The predicted molar refractivity (Wildman–Crippen MR) is 82.4 cm³/mol. The van der Waals surface area contributed by atoms with E-state index in [0.29, 0.717) is 11.1 Å². The van der Waals surface area contributed by atoms with Crippen LogP contribution in [-0.2, 0) is 0 Å². The van der Waals surface area contributed by atoms with Crippen LogP contribution in [0.2, 0.25) is 0 Å². The molecule has 3 N–H and O–H groups in total. The summed E-state index contributed by atoms with van der Waals surface area (Å²) in [6, 6.07) is 12.4. The summed E-state index contributed by atoms with van der Waals surface area (Å²) >= 11 is 4.91. The lowest BCUT2D eigenvalue weighted by molar-refractivity contribution is 0.0939. The van der Waals surface area contributed by atoms with Crippen molar-refractivity contribution in [2.24, 2.45) is 5.73 Å². The molecule has 5 heteroatoms. The lowest BCUT2D eigenvalue weighted by Crippen LogP contribution is -2.27. The Balaban J connectivity index is 2.12. The molecule has 0 fully saturated rings. The third kappa shape index (κ3) is 3.39. The number of carbonyl (C=O) groups excluding carboxylic acids is 1. The molecule has 0 bridgehead atoms. The number of thiocarbonyl (C=S) groups is 1. The molecule has 2 rings (SSSR count). The minimum atomic E-state index is -0.179. The molecule has 1 amide bonds. The molecular formula is C15H15N3OS. The number of nitrogens with one attached hydrogen (secondary N) is 1. The van der Waals surface area contributed by atoms with Crippen molar-refractivity contribution in [3.05, 3.63) is 65.5 Å². The van der Waals surface area contributed by atoms with E-state index in [2.05, 4.69) is 10.3 Å². The average Bonchev–Trinajstić information content (AvgIpc) is 2.48. The maximum Gasteiger partial charge on any atom is 0.251 e. The topological polar surface area (TPSA) is 68.0 Å². The fourth-order valence-corrected chi connectivity index (χ4v) is 1.93. The number of carbonyl (C=O) groups is 1. The Labute approximate surface area is 123 Å². The van der Waals surface area contributed by atoms with Gasteiger partial charge >= 0.3 is 0 Å². The molecule has 2 aromatic rings. The Hall–Kier alpha value is -2.27. The standard InChI is InChI=1S/C15H15N3OS/c1-10(13-7-2-3-8-17-13)18-15(19)12-6-4-5-11(9-12)14(16)20/h2-10H,1H3,(H2,16,20)(H,18,19). The fourth-order valence-electron chi connectivity index (χ4n) is 1.80. The highest BCUT2D eigenvalue weighted by atomic mass is 32.1. The van der Waals surface area contributed by atoms with Crippen molar-refractivity contribution in [1.29, 1.82) is 0 Å². The van der Waals surface area contributed by atoms with Crippen molar-refractivity contribution in [2.75, 3.05) is 0 Å². The number of hydrogen-bond donors (Lipinski definition) is 2. The number of pyridine rings is 1. The molecule has 0 radical (unpaired) electrons. The highest BCUT2D eigenvalue weighted by Crippen LogP contribution is 2.11. The van der Waals surface area contributed by atoms with E-state index >= 15 is 0 Å². The van der Waals surface area contributed by atoms with E-state index in [9.17, 15) is 4.79 Å². The van der Waals surface area contributed by atoms with Gasteiger partial charge in [-0.25, -0.2) is 0 Å². The van der Waals surface area contributed by atoms with E-state index in [0.717, 1.165) is 5.69 Å². The summed E-state index contributed by atoms with van der Waals surface area (Å²) in [6.45, 7) is 1.89. The summed E-state index contributed by atoms with van der Waals surface area (Å²) in [5, 5.41) is 2.89. The van der Waals surface area contributed by atoms with Crippen LogP contribution in [0.3, 0.4) is 0 Å². The summed E-state index contributed by atoms with van der Waals surface area (Å²) in [4.78, 5) is 16.7. The number of nitrogens with two attached hydrogens (primary N) is 1. The summed E-state index contributed by atoms with van der Waals surface area (Å²) in [6.07, 6.45) is 1.70. The molecule has 1 aromatic heterocycles. The van der Waals surface area contributed by atoms with Crippen molar-refractivity contribution in [3.8, 4) is 0 Å². The van der Waals surface area contributed by atoms with Crippen LogP contribution in [0.5, 0.6) is 0 Å². The molecule has 1 unspecified atom stereocenters. The van der Waals surface area contributed by atoms with Gasteiger partial charge in [-0.05, 0) is 31.2 Å². The number of hydrogen-bond acceptors (Lipinski definition) is 3. The van der Waals surface area contributed by atoms with E-state index in [1.165, 1.54) is 0 Å². The van der Waals surface area contributed by atoms with Crippen LogP contribution in [0.15, 0.2) is 48.7 Å². The lowest BCUT2D eigenvalue weighted by Gasteiger charge is -2.13. The van der Waals surface area contributed by atoms with Crippen molar-refractivity contribution < 1.29 is 4.79 Å². The first-order valence-electron chi connectivity index (χ1n) is 6.19. The molecule has 0 saturated heterocycles. The fraction of sp³-hybridized carbons (Fsp3) is 0.133. The van der Waals surface area contributed by atoms with Crippen molar-refractivity contribution >= 4 is 23.1 Å². The van der Waals surface area contributed by atoms with Gasteiger partial charge in [0.2, 0.25) is 0 Å². The third-order valence-corrected chi connectivity index (χ3v) is 3.12. The minimum Gasteiger partial charge on any atom is -0.389 e. The van der Waals surface area contributed by atoms with Gasteiger partial charge in [0, 0.05) is 17.3 Å². The second kappa shape index (κ2) is 6.25. The Kier molecular flexibility index (Phi) is 4.42. The SMILES string of the molecule is CC(NC(=O)c1cccc(C(N)=S)c1)c1ccccn1. The minimum absolute atomic E-state index is 0.169. The molecule has 4 nitrogen and oxygen atoms in total. The van der Waals surface area contributed by atoms with Gasteiger partial charge in [-0.3, -0.25) is 9.78 Å². The smallest absolute Gasteiger partial charge is 0.251 e. The second-order valence-electron chi connectivity index (χ2n) is 4.39. The van der Waals surface area contributed by atoms with Gasteiger partial charge in [0.05, 0.1) is 11.7 Å². The van der Waals surface area contributed by atoms with Crippen LogP contribution < -0.4 is 11.1 Å². The Morgan fingerprint density at radius 1 is 1.25 bits per heavy atom. The highest BCUT2D eigenvalue weighted by molar-refractivity contribution is 7.80. The van der Waals surface area contributed by atoms with Crippen LogP contribution >= 0.6 is 12.2 Å². The van der Waals surface area contributed by atoms with E-state index in [-0.39, 0.29) is 16.9 Å². The van der Waals surface area contributed by atoms with E-state index in [1.54, 1.807) is 30.5 Å². The first-order chi connectivity index (χ1) is 9.58. The number of amides is 1. The average molecular weight is 285 g/mol. The number of aromatic nitrogens is 1. The molecule has 0 aliphatic carbocycles. The maximum atomic E-state index is 12.2. The molecule has 1 aromatic carbocycles. The molecule has 0 aliphatic rings. The van der Waals surface area contributed by atoms with Crippen LogP contribution in [0, 0.1) is 0 Å². The van der Waals surface area contributed by atoms with Crippen LogP contribution in [-0.4, -0.2) is 15.9 Å². The van der Waals surface area contributed by atoms with Crippen LogP contribution in [0.25, 0.3) is 0 Å². The van der Waals surface area contributed by atoms with E-state index < -0.39 is 0 Å². The number of rotatable bonds is 4. The molecule has 0 spiro atoms. The van der Waals surface area contributed by atoms with Crippen molar-refractivity contribution in [3.63, 3.8) is 0 Å². The Morgan fingerprint density at radius 2 is 2.00 bits per heavy atom. The van der Waals surface area contributed by atoms with Gasteiger partial charge in [-0.2, -0.15) is 0 Å². The van der Waals surface area contributed by atoms with Gasteiger partial charge in [0.1, 0.15) is 4.99 Å². The third-order valence-electron chi connectivity index (χ3n) is 2.89.